The Kier molecular flexibility index (Phi) is 8.15. The van der Waals surface area contributed by atoms with Gasteiger partial charge in [-0.05, 0) is 25.8 Å². The minimum atomic E-state index is -4.37. The highest BCUT2D eigenvalue weighted by Gasteiger charge is 2.33. The normalized spacial score (nSPS) is 17.5. The Balaban J connectivity index is 1.69. The number of unbranched alkanes of at least 4 members (excludes halogenated alkanes) is 1. The third-order valence-electron chi connectivity index (χ3n) is 4.45. The lowest BCUT2D eigenvalue weighted by molar-refractivity contribution is -0.140. The van der Waals surface area contributed by atoms with E-state index in [4.69, 9.17) is 0 Å². The fourth-order valence-corrected chi connectivity index (χ4v) is 3.72. The topological polar surface area (TPSA) is 52.5 Å². The number of likely N-dealkylation sites (tertiary alicyclic amines) is 1. The Morgan fingerprint density at radius 1 is 1.38 bits per heavy atom. The van der Waals surface area contributed by atoms with Crippen LogP contribution in [-0.2, 0) is 12.6 Å². The van der Waals surface area contributed by atoms with Gasteiger partial charge in [0.15, 0.2) is 11.7 Å². The fraction of sp³-hybridized carbons (Fsp3) is 0.765. The lowest BCUT2D eigenvalue weighted by Crippen LogP contribution is -2.49. The molecule has 2 N–H and O–H groups in total. The van der Waals surface area contributed by atoms with Crippen molar-refractivity contribution in [2.45, 2.75) is 51.2 Å². The van der Waals surface area contributed by atoms with Gasteiger partial charge >= 0.3 is 6.18 Å². The lowest BCUT2D eigenvalue weighted by Gasteiger charge is -2.33. The van der Waals surface area contributed by atoms with Crippen LogP contribution < -0.4 is 10.6 Å². The van der Waals surface area contributed by atoms with Crippen LogP contribution >= 0.6 is 11.3 Å². The van der Waals surface area contributed by atoms with Gasteiger partial charge in [-0.2, -0.15) is 13.2 Å². The summed E-state index contributed by atoms with van der Waals surface area (Å²) >= 11 is 1.04. The first-order valence-corrected chi connectivity index (χ1v) is 10.0. The van der Waals surface area contributed by atoms with Gasteiger partial charge < -0.3 is 15.5 Å². The summed E-state index contributed by atoms with van der Waals surface area (Å²) in [4.78, 5) is 10.3. The van der Waals surface area contributed by atoms with Crippen LogP contribution in [0.4, 0.5) is 13.2 Å². The first-order valence-electron chi connectivity index (χ1n) is 9.13. The molecule has 0 spiro atoms. The van der Waals surface area contributed by atoms with Gasteiger partial charge in [0.05, 0.1) is 5.01 Å². The third kappa shape index (κ3) is 6.75. The number of thiazole rings is 1. The summed E-state index contributed by atoms with van der Waals surface area (Å²) < 4.78 is 37.7. The van der Waals surface area contributed by atoms with E-state index in [1.807, 2.05) is 0 Å². The van der Waals surface area contributed by atoms with Crippen molar-refractivity contribution in [3.8, 4) is 0 Å². The molecule has 1 aliphatic heterocycles. The summed E-state index contributed by atoms with van der Waals surface area (Å²) in [5.74, 6) is 0.699. The van der Waals surface area contributed by atoms with Gasteiger partial charge in [-0.15, -0.1) is 11.3 Å². The molecule has 0 atom stereocenters. The zero-order chi connectivity index (χ0) is 19.0. The molecule has 0 unspecified atom stereocenters. The molecule has 1 fully saturated rings. The number of hydrogen-bond donors (Lipinski definition) is 2. The zero-order valence-electron chi connectivity index (χ0n) is 15.4. The van der Waals surface area contributed by atoms with Crippen LogP contribution in [0.3, 0.4) is 0 Å². The number of guanidine groups is 1. The fourth-order valence-electron chi connectivity index (χ4n) is 2.91. The number of piperidine rings is 1. The first kappa shape index (κ1) is 21.0. The van der Waals surface area contributed by atoms with Crippen molar-refractivity contribution in [3.63, 3.8) is 0 Å². The largest absolute Gasteiger partial charge is 0.434 e. The number of nitrogens with zero attached hydrogens (tertiary/aromatic N) is 3. The van der Waals surface area contributed by atoms with E-state index in [-0.39, 0.29) is 0 Å². The average Bonchev–Trinajstić information content (AvgIpc) is 3.09. The van der Waals surface area contributed by atoms with E-state index >= 15 is 0 Å². The number of hydrogen-bond acceptors (Lipinski definition) is 4. The van der Waals surface area contributed by atoms with Crippen LogP contribution in [0, 0.1) is 0 Å². The van der Waals surface area contributed by atoms with Crippen LogP contribution in [0.15, 0.2) is 10.4 Å². The number of aliphatic imine (C=N–C) groups is 1. The molecule has 0 aromatic carbocycles. The maximum atomic E-state index is 12.6. The minimum Gasteiger partial charge on any atom is -0.356 e. The van der Waals surface area contributed by atoms with Gasteiger partial charge in [-0.25, -0.2) is 4.98 Å². The van der Waals surface area contributed by atoms with Crippen LogP contribution in [0.1, 0.15) is 43.3 Å². The summed E-state index contributed by atoms with van der Waals surface area (Å²) in [6, 6.07) is 0.385. The van der Waals surface area contributed by atoms with Gasteiger partial charge in [0.1, 0.15) is 0 Å². The molecule has 1 saturated heterocycles. The molecule has 26 heavy (non-hydrogen) atoms. The molecule has 1 aromatic heterocycles. The molecule has 1 aliphatic rings. The number of aromatic nitrogens is 1. The molecular formula is C17H28F3N5S. The number of rotatable bonds is 7. The summed E-state index contributed by atoms with van der Waals surface area (Å²) in [5, 5.41) is 8.12. The average molecular weight is 392 g/mol. The van der Waals surface area contributed by atoms with E-state index in [0.29, 0.717) is 30.0 Å². The van der Waals surface area contributed by atoms with Crippen molar-refractivity contribution in [2.24, 2.45) is 4.99 Å². The van der Waals surface area contributed by atoms with E-state index in [0.717, 1.165) is 42.6 Å². The lowest BCUT2D eigenvalue weighted by atomic mass is 10.0. The predicted octanol–water partition coefficient (Wildman–Crippen LogP) is 3.13. The maximum absolute atomic E-state index is 12.6. The van der Waals surface area contributed by atoms with E-state index in [2.05, 4.69) is 32.4 Å². The molecule has 9 heteroatoms. The highest BCUT2D eigenvalue weighted by atomic mass is 32.1. The van der Waals surface area contributed by atoms with Crippen molar-refractivity contribution < 1.29 is 13.2 Å². The van der Waals surface area contributed by atoms with Gasteiger partial charge in [-0.1, -0.05) is 13.3 Å². The highest BCUT2D eigenvalue weighted by Crippen LogP contribution is 2.29. The third-order valence-corrected chi connectivity index (χ3v) is 5.36. The van der Waals surface area contributed by atoms with Crippen molar-refractivity contribution in [1.82, 2.24) is 20.5 Å². The molecule has 0 bridgehead atoms. The monoisotopic (exact) mass is 391 g/mol. The van der Waals surface area contributed by atoms with E-state index in [1.54, 1.807) is 7.05 Å². The quantitative estimate of drug-likeness (QED) is 0.554. The van der Waals surface area contributed by atoms with Crippen LogP contribution in [-0.4, -0.2) is 55.1 Å². The van der Waals surface area contributed by atoms with E-state index < -0.39 is 11.9 Å². The van der Waals surface area contributed by atoms with Gasteiger partial charge in [-0.3, -0.25) is 4.99 Å². The predicted molar refractivity (Wildman–Crippen MR) is 99.7 cm³/mol. The van der Waals surface area contributed by atoms with Crippen molar-refractivity contribution >= 4 is 17.3 Å². The maximum Gasteiger partial charge on any atom is 0.434 e. The summed E-state index contributed by atoms with van der Waals surface area (Å²) in [6.45, 7) is 6.06. The summed E-state index contributed by atoms with van der Waals surface area (Å²) in [7, 11) is 1.71. The van der Waals surface area contributed by atoms with Crippen molar-refractivity contribution in [3.05, 3.63) is 16.1 Å². The molecule has 0 amide bonds. The Morgan fingerprint density at radius 3 is 2.69 bits per heavy atom. The van der Waals surface area contributed by atoms with Gasteiger partial charge in [0.2, 0.25) is 0 Å². The molecule has 0 aliphatic carbocycles. The first-order chi connectivity index (χ1) is 12.4. The summed E-state index contributed by atoms with van der Waals surface area (Å²) in [5.41, 5.74) is -0.810. The molecule has 5 nitrogen and oxygen atoms in total. The van der Waals surface area contributed by atoms with Gasteiger partial charge in [0, 0.05) is 44.5 Å². The number of nitrogens with one attached hydrogen (secondary N) is 2. The second kappa shape index (κ2) is 10.1. The van der Waals surface area contributed by atoms with E-state index in [1.165, 1.54) is 19.4 Å². The number of halogens is 3. The second-order valence-electron chi connectivity index (χ2n) is 6.49. The SMILES string of the molecule is CCCCN1CCC(NC(=NC)NCCc2nc(C(F)(F)F)cs2)CC1. The van der Waals surface area contributed by atoms with E-state index in [9.17, 15) is 13.2 Å². The highest BCUT2D eigenvalue weighted by molar-refractivity contribution is 7.09. The van der Waals surface area contributed by atoms with Crippen LogP contribution in [0.2, 0.25) is 0 Å². The molecule has 2 heterocycles. The van der Waals surface area contributed by atoms with Crippen molar-refractivity contribution in [1.29, 1.82) is 0 Å². The van der Waals surface area contributed by atoms with Gasteiger partial charge in [0.25, 0.3) is 0 Å². The van der Waals surface area contributed by atoms with Crippen LogP contribution in [0.5, 0.6) is 0 Å². The Labute approximate surface area is 157 Å². The van der Waals surface area contributed by atoms with Crippen LogP contribution in [0.25, 0.3) is 0 Å². The molecule has 2 rings (SSSR count). The molecule has 148 valence electrons. The molecular weight excluding hydrogens is 363 g/mol. The molecule has 1 aromatic rings. The number of alkyl halides is 3. The standard InChI is InChI=1S/C17H28F3N5S/c1-3-4-9-25-10-6-13(7-11-25)23-16(21-2)22-8-5-15-24-14(12-26-15)17(18,19)20/h12-13H,3-11H2,1-2H3,(H2,21,22,23). The minimum absolute atomic E-state index is 0.385. The second-order valence-corrected chi connectivity index (χ2v) is 7.43. The van der Waals surface area contributed by atoms with Crippen molar-refractivity contribution in [2.75, 3.05) is 33.2 Å². The Hall–Kier alpha value is -1.35. The molecule has 0 saturated carbocycles. The summed E-state index contributed by atoms with van der Waals surface area (Å²) in [6.07, 6.45) is 0.687. The molecule has 0 radical (unpaired) electrons. The Bertz CT molecular complexity index is 565. The smallest absolute Gasteiger partial charge is 0.356 e. The Morgan fingerprint density at radius 2 is 2.12 bits per heavy atom. The zero-order valence-corrected chi connectivity index (χ0v) is 16.2.